The zero-order valence-electron chi connectivity index (χ0n) is 10.3. The summed E-state index contributed by atoms with van der Waals surface area (Å²) in [7, 11) is 0. The van der Waals surface area contributed by atoms with Gasteiger partial charge in [-0.25, -0.2) is 9.59 Å². The van der Waals surface area contributed by atoms with Crippen molar-refractivity contribution in [3.05, 3.63) is 16.6 Å². The van der Waals surface area contributed by atoms with Crippen molar-refractivity contribution < 1.29 is 14.7 Å². The predicted octanol–water partition coefficient (Wildman–Crippen LogP) is 1.44. The van der Waals surface area contributed by atoms with Gasteiger partial charge in [-0.1, -0.05) is 13.8 Å². The molecule has 7 heteroatoms. The first-order valence-electron chi connectivity index (χ1n) is 5.63. The first-order valence-corrected chi connectivity index (χ1v) is 6.51. The summed E-state index contributed by atoms with van der Waals surface area (Å²) in [6, 6.07) is -1.33. The van der Waals surface area contributed by atoms with E-state index in [9.17, 15) is 9.59 Å². The number of rotatable bonds is 6. The number of nitrogens with one attached hydrogen (secondary N) is 2. The van der Waals surface area contributed by atoms with Crippen LogP contribution in [0, 0.1) is 5.92 Å². The summed E-state index contributed by atoms with van der Waals surface area (Å²) in [5.41, 5.74) is 1.67. The third-order valence-corrected chi connectivity index (χ3v) is 3.00. The summed E-state index contributed by atoms with van der Waals surface area (Å²) in [5.74, 6) is -0.815. The van der Waals surface area contributed by atoms with Crippen molar-refractivity contribution in [2.24, 2.45) is 5.92 Å². The maximum atomic E-state index is 11.5. The van der Waals surface area contributed by atoms with Gasteiger partial charge in [-0.15, -0.1) is 11.3 Å². The number of carboxylic acids is 1. The first kappa shape index (κ1) is 14.4. The van der Waals surface area contributed by atoms with E-state index in [0.717, 1.165) is 4.88 Å². The van der Waals surface area contributed by atoms with Gasteiger partial charge in [-0.2, -0.15) is 0 Å². The molecule has 0 aliphatic carbocycles. The lowest BCUT2D eigenvalue weighted by molar-refractivity contribution is -0.139. The number of aliphatic carboxylic acids is 1. The normalized spacial score (nSPS) is 12.2. The molecule has 3 N–H and O–H groups in total. The van der Waals surface area contributed by atoms with Crippen LogP contribution >= 0.6 is 11.3 Å². The Morgan fingerprint density at radius 1 is 1.50 bits per heavy atom. The van der Waals surface area contributed by atoms with Crippen LogP contribution < -0.4 is 10.6 Å². The lowest BCUT2D eigenvalue weighted by Gasteiger charge is -2.16. The molecule has 18 heavy (non-hydrogen) atoms. The van der Waals surface area contributed by atoms with E-state index in [1.165, 1.54) is 11.3 Å². The molecule has 0 unspecified atom stereocenters. The number of thiazole rings is 1. The van der Waals surface area contributed by atoms with Crippen molar-refractivity contribution in [3.63, 3.8) is 0 Å². The SMILES string of the molecule is CC(C)C[C@H](NC(=O)NCc1cncs1)C(=O)O. The van der Waals surface area contributed by atoms with Gasteiger partial charge in [-0.05, 0) is 12.3 Å². The molecule has 1 heterocycles. The van der Waals surface area contributed by atoms with Crippen molar-refractivity contribution in [3.8, 4) is 0 Å². The molecule has 0 aromatic carbocycles. The Kier molecular flexibility index (Phi) is 5.57. The molecule has 0 aliphatic rings. The molecule has 1 aromatic heterocycles. The molecule has 100 valence electrons. The molecular formula is C11H17N3O3S. The lowest BCUT2D eigenvalue weighted by Crippen LogP contribution is -2.46. The minimum atomic E-state index is -1.02. The van der Waals surface area contributed by atoms with Crippen molar-refractivity contribution in [2.45, 2.75) is 32.9 Å². The molecule has 0 saturated heterocycles. The van der Waals surface area contributed by atoms with E-state index in [1.54, 1.807) is 11.7 Å². The van der Waals surface area contributed by atoms with Gasteiger partial charge in [-0.3, -0.25) is 4.98 Å². The highest BCUT2D eigenvalue weighted by molar-refractivity contribution is 7.09. The summed E-state index contributed by atoms with van der Waals surface area (Å²) < 4.78 is 0. The van der Waals surface area contributed by atoms with Crippen molar-refractivity contribution in [2.75, 3.05) is 0 Å². The Labute approximate surface area is 109 Å². The van der Waals surface area contributed by atoms with Gasteiger partial charge in [0, 0.05) is 11.1 Å². The monoisotopic (exact) mass is 271 g/mol. The minimum Gasteiger partial charge on any atom is -0.480 e. The average Bonchev–Trinajstić information content (AvgIpc) is 2.77. The van der Waals surface area contributed by atoms with Gasteiger partial charge in [0.25, 0.3) is 0 Å². The van der Waals surface area contributed by atoms with Crippen LogP contribution in [0.3, 0.4) is 0 Å². The van der Waals surface area contributed by atoms with Crippen LogP contribution in [0.4, 0.5) is 4.79 Å². The Balaban J connectivity index is 2.39. The molecule has 0 spiro atoms. The topological polar surface area (TPSA) is 91.3 Å². The van der Waals surface area contributed by atoms with Gasteiger partial charge in [0.05, 0.1) is 12.1 Å². The number of aromatic nitrogens is 1. The Bertz CT molecular complexity index is 392. The second-order valence-electron chi connectivity index (χ2n) is 4.32. The molecule has 1 aromatic rings. The van der Waals surface area contributed by atoms with E-state index in [-0.39, 0.29) is 5.92 Å². The van der Waals surface area contributed by atoms with Crippen LogP contribution in [0.5, 0.6) is 0 Å². The van der Waals surface area contributed by atoms with Gasteiger partial charge in [0.15, 0.2) is 0 Å². The average molecular weight is 271 g/mol. The zero-order chi connectivity index (χ0) is 13.5. The van der Waals surface area contributed by atoms with Crippen molar-refractivity contribution >= 4 is 23.3 Å². The highest BCUT2D eigenvalue weighted by atomic mass is 32.1. The summed E-state index contributed by atoms with van der Waals surface area (Å²) >= 11 is 1.43. The number of carboxylic acid groups (broad SMARTS) is 1. The van der Waals surface area contributed by atoms with Crippen LogP contribution in [-0.4, -0.2) is 28.1 Å². The van der Waals surface area contributed by atoms with E-state index in [4.69, 9.17) is 5.11 Å². The van der Waals surface area contributed by atoms with E-state index in [1.807, 2.05) is 13.8 Å². The summed E-state index contributed by atoms with van der Waals surface area (Å²) in [6.07, 6.45) is 2.07. The lowest BCUT2D eigenvalue weighted by atomic mass is 10.0. The number of carbonyl (C=O) groups is 2. The van der Waals surface area contributed by atoms with E-state index in [2.05, 4.69) is 15.6 Å². The molecule has 0 saturated carbocycles. The molecule has 2 amide bonds. The number of hydrogen-bond donors (Lipinski definition) is 3. The van der Waals surface area contributed by atoms with Gasteiger partial charge < -0.3 is 15.7 Å². The van der Waals surface area contributed by atoms with Gasteiger partial charge in [0.2, 0.25) is 0 Å². The number of amides is 2. The molecule has 1 rings (SSSR count). The standard InChI is InChI=1S/C11H17N3O3S/c1-7(2)3-9(10(15)16)14-11(17)13-5-8-4-12-6-18-8/h4,6-7,9H,3,5H2,1-2H3,(H,15,16)(H2,13,14,17)/t9-/m0/s1. The number of nitrogens with zero attached hydrogens (tertiary/aromatic N) is 1. The summed E-state index contributed by atoms with van der Waals surface area (Å²) in [4.78, 5) is 27.3. The number of hydrogen-bond acceptors (Lipinski definition) is 4. The van der Waals surface area contributed by atoms with E-state index >= 15 is 0 Å². The fourth-order valence-corrected chi connectivity index (χ4v) is 1.93. The molecule has 0 aliphatic heterocycles. The maximum Gasteiger partial charge on any atom is 0.326 e. The molecule has 0 fully saturated rings. The smallest absolute Gasteiger partial charge is 0.326 e. The second-order valence-corrected chi connectivity index (χ2v) is 5.29. The molecule has 0 radical (unpaired) electrons. The second kappa shape index (κ2) is 6.95. The van der Waals surface area contributed by atoms with Crippen LogP contribution in [0.25, 0.3) is 0 Å². The van der Waals surface area contributed by atoms with Crippen LogP contribution in [0.1, 0.15) is 25.1 Å². The molecule has 1 atom stereocenters. The van der Waals surface area contributed by atoms with E-state index < -0.39 is 18.0 Å². The molecule has 6 nitrogen and oxygen atoms in total. The number of carbonyl (C=O) groups excluding carboxylic acids is 1. The first-order chi connectivity index (χ1) is 8.49. The van der Waals surface area contributed by atoms with Gasteiger partial charge >= 0.3 is 12.0 Å². The summed E-state index contributed by atoms with van der Waals surface area (Å²) in [6.45, 7) is 4.17. The van der Waals surface area contributed by atoms with Crippen LogP contribution in [-0.2, 0) is 11.3 Å². The largest absolute Gasteiger partial charge is 0.480 e. The van der Waals surface area contributed by atoms with Gasteiger partial charge in [0.1, 0.15) is 6.04 Å². The maximum absolute atomic E-state index is 11.5. The number of urea groups is 1. The Morgan fingerprint density at radius 3 is 2.72 bits per heavy atom. The highest BCUT2D eigenvalue weighted by Crippen LogP contribution is 2.06. The molecular weight excluding hydrogens is 254 g/mol. The third kappa shape index (κ3) is 5.13. The van der Waals surface area contributed by atoms with Crippen molar-refractivity contribution in [1.82, 2.24) is 15.6 Å². The molecule has 0 bridgehead atoms. The third-order valence-electron chi connectivity index (χ3n) is 2.22. The minimum absolute atomic E-state index is 0.202. The zero-order valence-corrected chi connectivity index (χ0v) is 11.2. The highest BCUT2D eigenvalue weighted by Gasteiger charge is 2.20. The van der Waals surface area contributed by atoms with E-state index in [0.29, 0.717) is 13.0 Å². The predicted molar refractivity (Wildman–Crippen MR) is 68.4 cm³/mol. The Morgan fingerprint density at radius 2 is 2.22 bits per heavy atom. The van der Waals surface area contributed by atoms with Crippen LogP contribution in [0.15, 0.2) is 11.7 Å². The van der Waals surface area contributed by atoms with Crippen LogP contribution in [0.2, 0.25) is 0 Å². The summed E-state index contributed by atoms with van der Waals surface area (Å²) in [5, 5.41) is 14.0. The fraction of sp³-hybridized carbons (Fsp3) is 0.545. The Hall–Kier alpha value is -1.63. The van der Waals surface area contributed by atoms with Crippen molar-refractivity contribution in [1.29, 1.82) is 0 Å². The fourth-order valence-electron chi connectivity index (χ4n) is 1.40. The quantitative estimate of drug-likeness (QED) is 0.730.